The molecule has 0 bridgehead atoms. The lowest BCUT2D eigenvalue weighted by molar-refractivity contribution is -0.145. The summed E-state index contributed by atoms with van der Waals surface area (Å²) in [6, 6.07) is -3.38. The zero-order valence-corrected chi connectivity index (χ0v) is 28.3. The van der Waals surface area contributed by atoms with Gasteiger partial charge in [0.15, 0.2) is 5.37 Å². The molecule has 42 heavy (non-hydrogen) atoms. The van der Waals surface area contributed by atoms with Crippen molar-refractivity contribution < 1.29 is 29.1 Å². The summed E-state index contributed by atoms with van der Waals surface area (Å²) in [7, 11) is 4.09. The number of carbonyl (C=O) groups excluding carboxylic acids is 5. The molecule has 0 aliphatic rings. The average molecular weight is 617 g/mol. The highest BCUT2D eigenvalue weighted by atomic mass is 32.2. The van der Waals surface area contributed by atoms with E-state index in [-0.39, 0.29) is 18.7 Å². The summed E-state index contributed by atoms with van der Waals surface area (Å²) in [5.74, 6) is 0.165. The van der Waals surface area contributed by atoms with Crippen molar-refractivity contribution in [1.82, 2.24) is 24.9 Å². The van der Waals surface area contributed by atoms with Crippen molar-refractivity contribution in [2.75, 3.05) is 46.5 Å². The van der Waals surface area contributed by atoms with E-state index in [1.807, 2.05) is 6.92 Å². The Kier molecular flexibility index (Phi) is 17.9. The number of urea groups is 2. The summed E-state index contributed by atoms with van der Waals surface area (Å²) in [4.78, 5) is 69.0. The van der Waals surface area contributed by atoms with Crippen LogP contribution in [0.5, 0.6) is 0 Å². The number of thioether (sulfide) groups is 1. The zero-order valence-electron chi connectivity index (χ0n) is 27.4. The largest absolute Gasteiger partial charge is 0.390 e. The summed E-state index contributed by atoms with van der Waals surface area (Å²) in [5.41, 5.74) is 3.74. The minimum atomic E-state index is -1.38. The molecular weight excluding hydrogens is 560 g/mol. The van der Waals surface area contributed by atoms with Gasteiger partial charge < -0.3 is 25.5 Å². The summed E-state index contributed by atoms with van der Waals surface area (Å²) in [6.45, 7) is 16.6. The SMILES string of the molecule is CCCC(=O)N(C)[C@H](SCCCCN(CC(C)C)CC(C)C)C(=O)N(C)[C@@H](CC(C)(C)O)C(=O)NC(=O)N(C)C(N)=O. The summed E-state index contributed by atoms with van der Waals surface area (Å²) in [6.07, 6.45) is 2.47. The molecule has 4 N–H and O–H groups in total. The number of rotatable bonds is 18. The highest BCUT2D eigenvalue weighted by molar-refractivity contribution is 8.00. The van der Waals surface area contributed by atoms with Crippen molar-refractivity contribution in [2.24, 2.45) is 17.6 Å². The first-order valence-corrected chi connectivity index (χ1v) is 15.8. The van der Waals surface area contributed by atoms with Crippen LogP contribution in [0.4, 0.5) is 9.59 Å². The van der Waals surface area contributed by atoms with E-state index in [2.05, 4.69) is 37.9 Å². The van der Waals surface area contributed by atoms with Crippen LogP contribution < -0.4 is 11.1 Å². The molecule has 0 fully saturated rings. The van der Waals surface area contributed by atoms with Crippen molar-refractivity contribution >= 4 is 41.5 Å². The third-order valence-electron chi connectivity index (χ3n) is 6.49. The predicted octanol–water partition coefficient (Wildman–Crippen LogP) is 2.93. The molecule has 12 nitrogen and oxygen atoms in total. The molecular formula is C29H56N6O6S. The number of unbranched alkanes of at least 4 members (excludes halogenated alkanes) is 1. The number of nitrogens with zero attached hydrogens (tertiary/aromatic N) is 4. The smallest absolute Gasteiger partial charge is 0.331 e. The first kappa shape index (κ1) is 39.6. The van der Waals surface area contributed by atoms with Crippen molar-refractivity contribution in [3.05, 3.63) is 0 Å². The lowest BCUT2D eigenvalue weighted by atomic mass is 9.97. The van der Waals surface area contributed by atoms with E-state index in [9.17, 15) is 29.1 Å². The van der Waals surface area contributed by atoms with Gasteiger partial charge in [0.1, 0.15) is 6.04 Å². The standard InChI is InChI=1S/C29H56N6O6S/c1-11-14-23(36)33(9)26(42-16-13-12-15-35(18-20(2)3)19-21(4)5)25(38)32(8)22(17-29(6,7)41)24(37)31-28(40)34(10)27(30)39/h20-22,26,41H,11-19H2,1-10H3,(H2,30,39)(H,31,37,40)/t22-,26+/m0/s1. The van der Waals surface area contributed by atoms with Crippen LogP contribution in [-0.4, -0.2) is 118 Å². The van der Waals surface area contributed by atoms with Crippen molar-refractivity contribution in [3.63, 3.8) is 0 Å². The average Bonchev–Trinajstić information content (AvgIpc) is 2.86. The van der Waals surface area contributed by atoms with Gasteiger partial charge in [0.05, 0.1) is 5.60 Å². The van der Waals surface area contributed by atoms with E-state index in [1.54, 1.807) is 7.05 Å². The first-order chi connectivity index (χ1) is 19.3. The lowest BCUT2D eigenvalue weighted by Crippen LogP contribution is -2.57. The molecule has 0 rings (SSSR count). The predicted molar refractivity (Wildman–Crippen MR) is 168 cm³/mol. The number of aliphatic hydroxyl groups is 1. The Morgan fingerprint density at radius 1 is 0.929 bits per heavy atom. The Hall–Kier alpha value is -2.38. The number of primary amides is 1. The Bertz CT molecular complexity index is 884. The van der Waals surface area contributed by atoms with E-state index in [0.29, 0.717) is 28.9 Å². The van der Waals surface area contributed by atoms with Gasteiger partial charge >= 0.3 is 12.1 Å². The lowest BCUT2D eigenvalue weighted by Gasteiger charge is -2.36. The van der Waals surface area contributed by atoms with Crippen molar-refractivity contribution in [1.29, 1.82) is 0 Å². The van der Waals surface area contributed by atoms with Gasteiger partial charge in [-0.1, -0.05) is 34.6 Å². The number of nitrogens with one attached hydrogen (secondary N) is 1. The third kappa shape index (κ3) is 15.2. The fourth-order valence-corrected chi connectivity index (χ4v) is 5.62. The molecule has 0 radical (unpaired) electrons. The Morgan fingerprint density at radius 3 is 1.93 bits per heavy atom. The molecule has 7 amide bonds. The van der Waals surface area contributed by atoms with Crippen LogP contribution in [0.1, 0.15) is 80.6 Å². The van der Waals surface area contributed by atoms with Crippen LogP contribution in [0.3, 0.4) is 0 Å². The second kappa shape index (κ2) is 19.0. The van der Waals surface area contributed by atoms with Gasteiger partial charge in [0.25, 0.3) is 11.8 Å². The molecule has 0 aromatic rings. The molecule has 0 spiro atoms. The highest BCUT2D eigenvalue weighted by Gasteiger charge is 2.38. The Labute approximate surface area is 257 Å². The van der Waals surface area contributed by atoms with E-state index >= 15 is 0 Å². The van der Waals surface area contributed by atoms with Crippen LogP contribution in [0.2, 0.25) is 0 Å². The summed E-state index contributed by atoms with van der Waals surface area (Å²) >= 11 is 1.33. The number of likely N-dealkylation sites (N-methyl/N-ethyl adjacent to an activating group) is 2. The zero-order chi connectivity index (χ0) is 32.8. The van der Waals surface area contributed by atoms with Gasteiger partial charge in [-0.2, -0.15) is 0 Å². The molecule has 0 heterocycles. The first-order valence-electron chi connectivity index (χ1n) is 14.8. The fraction of sp³-hybridized carbons (Fsp3) is 0.828. The number of imide groups is 2. The maximum absolute atomic E-state index is 13.8. The Morgan fingerprint density at radius 2 is 1.48 bits per heavy atom. The van der Waals surface area contributed by atoms with Crippen LogP contribution >= 0.6 is 11.8 Å². The number of nitrogens with two attached hydrogens (primary N) is 1. The highest BCUT2D eigenvalue weighted by Crippen LogP contribution is 2.23. The van der Waals surface area contributed by atoms with Gasteiger partial charge in [-0.25, -0.2) is 14.5 Å². The summed E-state index contributed by atoms with van der Waals surface area (Å²) < 4.78 is 0. The van der Waals surface area contributed by atoms with Crippen LogP contribution in [0.25, 0.3) is 0 Å². The molecule has 0 saturated carbocycles. The van der Waals surface area contributed by atoms with E-state index < -0.39 is 40.9 Å². The molecule has 244 valence electrons. The van der Waals surface area contributed by atoms with Crippen molar-refractivity contribution in [2.45, 2.75) is 97.6 Å². The molecule has 2 atom stereocenters. The molecule has 0 aromatic heterocycles. The maximum atomic E-state index is 13.8. The summed E-state index contributed by atoms with van der Waals surface area (Å²) in [5, 5.41) is 11.7. The molecule has 0 saturated heterocycles. The number of carbonyl (C=O) groups is 5. The number of hydrogen-bond donors (Lipinski definition) is 3. The quantitative estimate of drug-likeness (QED) is 0.157. The van der Waals surface area contributed by atoms with Crippen LogP contribution in [0, 0.1) is 11.8 Å². The number of amides is 7. The van der Waals surface area contributed by atoms with Gasteiger partial charge in [0.2, 0.25) is 5.91 Å². The van der Waals surface area contributed by atoms with E-state index in [1.165, 1.54) is 37.6 Å². The van der Waals surface area contributed by atoms with Crippen LogP contribution in [0.15, 0.2) is 0 Å². The van der Waals surface area contributed by atoms with Crippen molar-refractivity contribution in [3.8, 4) is 0 Å². The molecule has 13 heteroatoms. The number of hydrogen-bond acceptors (Lipinski definition) is 8. The van der Waals surface area contributed by atoms with Gasteiger partial charge in [-0.15, -0.1) is 11.8 Å². The normalized spacial score (nSPS) is 13.2. The molecule has 0 aliphatic carbocycles. The maximum Gasteiger partial charge on any atom is 0.331 e. The van der Waals surface area contributed by atoms with Crippen LogP contribution in [-0.2, 0) is 14.4 Å². The van der Waals surface area contributed by atoms with Gasteiger partial charge in [-0.3, -0.25) is 19.7 Å². The monoisotopic (exact) mass is 616 g/mol. The van der Waals surface area contributed by atoms with Gasteiger partial charge in [-0.05, 0) is 57.2 Å². The minimum absolute atomic E-state index is 0.194. The Balaban J connectivity index is 5.80. The molecule has 0 aliphatic heterocycles. The molecule has 0 aromatic carbocycles. The topological polar surface area (TPSA) is 157 Å². The second-order valence-corrected chi connectivity index (χ2v) is 13.6. The molecule has 0 unspecified atom stereocenters. The fourth-order valence-electron chi connectivity index (χ4n) is 4.37. The second-order valence-electron chi connectivity index (χ2n) is 12.4. The van der Waals surface area contributed by atoms with Gasteiger partial charge in [0, 0.05) is 47.1 Å². The third-order valence-corrected chi connectivity index (χ3v) is 7.85. The minimum Gasteiger partial charge on any atom is -0.390 e. The van der Waals surface area contributed by atoms with E-state index in [0.717, 1.165) is 44.4 Å². The van der Waals surface area contributed by atoms with E-state index in [4.69, 9.17) is 5.73 Å².